The Morgan fingerprint density at radius 2 is 1.00 bits per heavy atom. The smallest absolute Gasteiger partial charge is 0.399 e. The van der Waals surface area contributed by atoms with Crippen LogP contribution in [0.3, 0.4) is 0 Å². The first-order valence-electron chi connectivity index (χ1n) is 12.8. The fraction of sp³-hybridized carbons (Fsp3) is 0.250. The van der Waals surface area contributed by atoms with Crippen molar-refractivity contribution < 1.29 is 9.31 Å². The summed E-state index contributed by atoms with van der Waals surface area (Å²) >= 11 is 0. The lowest BCUT2D eigenvalue weighted by molar-refractivity contribution is 0.00578. The average Bonchev–Trinajstić information content (AvgIpc) is 3.10. The largest absolute Gasteiger partial charge is 0.496 e. The molecule has 1 aliphatic heterocycles. The van der Waals surface area contributed by atoms with Gasteiger partial charge in [0, 0.05) is 17.1 Å². The van der Waals surface area contributed by atoms with E-state index in [1.54, 1.807) is 0 Å². The maximum Gasteiger partial charge on any atom is 0.496 e. The molecule has 1 fully saturated rings. The van der Waals surface area contributed by atoms with Crippen LogP contribution in [-0.2, 0) is 14.7 Å². The molecule has 1 saturated heterocycles. The zero-order chi connectivity index (χ0) is 24.9. The third-order valence-electron chi connectivity index (χ3n) is 9.08. The maximum absolute atomic E-state index is 7.16. The van der Waals surface area contributed by atoms with Crippen LogP contribution in [0, 0.1) is 0 Å². The SMILES string of the molecule is CC1(C)OB(c2cccc(C34c5ccccc5C(c5ccccc53)c3ccccc34)c2N)OC1(C)C. The predicted octanol–water partition coefficient (Wildman–Crippen LogP) is 5.76. The second kappa shape index (κ2) is 7.12. The number of rotatable bonds is 2. The van der Waals surface area contributed by atoms with E-state index in [1.807, 2.05) is 0 Å². The molecule has 2 N–H and O–H groups in total. The van der Waals surface area contributed by atoms with Gasteiger partial charge in [-0.25, -0.2) is 0 Å². The van der Waals surface area contributed by atoms with E-state index in [0.717, 1.165) is 16.7 Å². The van der Waals surface area contributed by atoms with Crippen molar-refractivity contribution in [3.8, 4) is 0 Å². The molecule has 3 aliphatic carbocycles. The van der Waals surface area contributed by atoms with Gasteiger partial charge in [-0.15, -0.1) is 0 Å². The molecule has 36 heavy (non-hydrogen) atoms. The molecular formula is C32H30BNO2. The first-order chi connectivity index (χ1) is 17.3. The number of anilines is 1. The topological polar surface area (TPSA) is 44.5 Å². The van der Waals surface area contributed by atoms with E-state index in [1.165, 1.54) is 33.4 Å². The van der Waals surface area contributed by atoms with E-state index in [0.29, 0.717) is 0 Å². The van der Waals surface area contributed by atoms with Crippen molar-refractivity contribution in [3.63, 3.8) is 0 Å². The zero-order valence-electron chi connectivity index (χ0n) is 21.2. The summed E-state index contributed by atoms with van der Waals surface area (Å²) in [5.74, 6) is 0.225. The van der Waals surface area contributed by atoms with Gasteiger partial charge < -0.3 is 15.0 Å². The minimum Gasteiger partial charge on any atom is -0.399 e. The highest BCUT2D eigenvalue weighted by atomic mass is 16.7. The molecule has 0 radical (unpaired) electrons. The summed E-state index contributed by atoms with van der Waals surface area (Å²) in [6.45, 7) is 8.32. The molecule has 1 heterocycles. The lowest BCUT2D eigenvalue weighted by atomic mass is 9.50. The molecule has 8 rings (SSSR count). The zero-order valence-corrected chi connectivity index (χ0v) is 21.2. The molecule has 0 spiro atoms. The lowest BCUT2D eigenvalue weighted by Gasteiger charge is -2.51. The van der Waals surface area contributed by atoms with Crippen LogP contribution in [0.5, 0.6) is 0 Å². The van der Waals surface area contributed by atoms with Crippen LogP contribution >= 0.6 is 0 Å². The first kappa shape index (κ1) is 21.9. The maximum atomic E-state index is 7.16. The fourth-order valence-corrected chi connectivity index (χ4v) is 6.73. The highest BCUT2D eigenvalue weighted by Gasteiger charge is 2.55. The molecule has 4 aromatic rings. The third kappa shape index (κ3) is 2.56. The van der Waals surface area contributed by atoms with Crippen molar-refractivity contribution in [1.82, 2.24) is 0 Å². The second-order valence-electron chi connectivity index (χ2n) is 11.3. The summed E-state index contributed by atoms with van der Waals surface area (Å²) in [5, 5.41) is 0. The van der Waals surface area contributed by atoms with Crippen LogP contribution in [0.15, 0.2) is 91.0 Å². The number of hydrogen-bond acceptors (Lipinski definition) is 3. The third-order valence-corrected chi connectivity index (χ3v) is 9.08. The Kier molecular flexibility index (Phi) is 4.33. The number of nitrogen functional groups attached to an aromatic ring is 1. The Balaban J connectivity index is 1.55. The second-order valence-corrected chi connectivity index (χ2v) is 11.3. The summed E-state index contributed by atoms with van der Waals surface area (Å²) in [7, 11) is -0.521. The first-order valence-corrected chi connectivity index (χ1v) is 12.8. The van der Waals surface area contributed by atoms with Gasteiger partial charge in [-0.1, -0.05) is 91.0 Å². The quantitative estimate of drug-likeness (QED) is 0.258. The molecule has 0 aromatic heterocycles. The summed E-state index contributed by atoms with van der Waals surface area (Å²) in [6.07, 6.45) is 0. The molecule has 4 heteroatoms. The monoisotopic (exact) mass is 471 g/mol. The standard InChI is InChI=1S/C32H30BNO2/c1-30(2)31(3,4)36-33(35-30)27-19-11-18-26(29(27)34)32-23-15-8-5-12-20(23)28(21-13-6-9-16-24(21)32)22-14-7-10-17-25(22)32/h5-19,28H,34H2,1-4H3. The minimum atomic E-state index is -0.521. The molecule has 0 unspecified atom stereocenters. The Labute approximate surface area is 213 Å². The van der Waals surface area contributed by atoms with Crippen LogP contribution in [0.2, 0.25) is 0 Å². The van der Waals surface area contributed by atoms with Gasteiger partial charge in [0.1, 0.15) is 0 Å². The molecule has 4 aromatic carbocycles. The van der Waals surface area contributed by atoms with Crippen molar-refractivity contribution in [3.05, 3.63) is 130 Å². The van der Waals surface area contributed by atoms with Crippen molar-refractivity contribution in [2.75, 3.05) is 5.73 Å². The summed E-state index contributed by atoms with van der Waals surface area (Å²) in [6, 6.07) is 33.0. The summed E-state index contributed by atoms with van der Waals surface area (Å²) < 4.78 is 12.9. The number of hydrogen-bond donors (Lipinski definition) is 1. The molecule has 0 atom stereocenters. The molecule has 2 bridgehead atoms. The van der Waals surface area contributed by atoms with Gasteiger partial charge >= 0.3 is 7.12 Å². The van der Waals surface area contributed by atoms with Crippen LogP contribution in [0.1, 0.15) is 72.6 Å². The van der Waals surface area contributed by atoms with E-state index in [9.17, 15) is 0 Å². The van der Waals surface area contributed by atoms with Crippen LogP contribution in [0.4, 0.5) is 5.69 Å². The Morgan fingerprint density at radius 3 is 1.47 bits per heavy atom. The van der Waals surface area contributed by atoms with Gasteiger partial charge in [0.25, 0.3) is 0 Å². The van der Waals surface area contributed by atoms with Gasteiger partial charge in [0.2, 0.25) is 0 Å². The van der Waals surface area contributed by atoms with Gasteiger partial charge in [-0.2, -0.15) is 0 Å². The summed E-state index contributed by atoms with van der Waals surface area (Å²) in [5.41, 5.74) is 16.5. The predicted molar refractivity (Wildman–Crippen MR) is 146 cm³/mol. The molecular weight excluding hydrogens is 441 g/mol. The Bertz CT molecular complexity index is 1410. The van der Waals surface area contributed by atoms with Crippen LogP contribution in [-0.4, -0.2) is 18.3 Å². The molecule has 4 aliphatic rings. The number of benzene rings is 4. The van der Waals surface area contributed by atoms with E-state index in [-0.39, 0.29) is 5.92 Å². The molecule has 0 amide bonds. The van der Waals surface area contributed by atoms with Gasteiger partial charge in [-0.3, -0.25) is 0 Å². The van der Waals surface area contributed by atoms with E-state index < -0.39 is 23.7 Å². The molecule has 0 saturated carbocycles. The van der Waals surface area contributed by atoms with Crippen molar-refractivity contribution in [2.45, 2.75) is 50.2 Å². The van der Waals surface area contributed by atoms with Crippen molar-refractivity contribution in [2.24, 2.45) is 0 Å². The van der Waals surface area contributed by atoms with E-state index >= 15 is 0 Å². The normalized spacial score (nSPS) is 24.2. The van der Waals surface area contributed by atoms with Gasteiger partial charge in [-0.05, 0) is 66.6 Å². The summed E-state index contributed by atoms with van der Waals surface area (Å²) in [4.78, 5) is 0. The fourth-order valence-electron chi connectivity index (χ4n) is 6.73. The number of para-hydroxylation sites is 1. The van der Waals surface area contributed by atoms with E-state index in [2.05, 4.69) is 119 Å². The molecule has 178 valence electrons. The Morgan fingerprint density at radius 1 is 0.583 bits per heavy atom. The van der Waals surface area contributed by atoms with Crippen molar-refractivity contribution >= 4 is 18.3 Å². The number of nitrogens with two attached hydrogens (primary N) is 1. The van der Waals surface area contributed by atoms with E-state index in [4.69, 9.17) is 15.0 Å². The van der Waals surface area contributed by atoms with Crippen LogP contribution < -0.4 is 11.2 Å². The van der Waals surface area contributed by atoms with Gasteiger partial charge in [0.15, 0.2) is 0 Å². The average molecular weight is 471 g/mol. The highest BCUT2D eigenvalue weighted by molar-refractivity contribution is 6.64. The molecule has 3 nitrogen and oxygen atoms in total. The van der Waals surface area contributed by atoms with Crippen molar-refractivity contribution in [1.29, 1.82) is 0 Å². The van der Waals surface area contributed by atoms with Gasteiger partial charge in [0.05, 0.1) is 16.6 Å². The lowest BCUT2D eigenvalue weighted by Crippen LogP contribution is -2.45. The van der Waals surface area contributed by atoms with Crippen LogP contribution in [0.25, 0.3) is 0 Å². The highest BCUT2D eigenvalue weighted by Crippen LogP contribution is 2.62. The minimum absolute atomic E-state index is 0.225. The Hall–Kier alpha value is -3.34.